The van der Waals surface area contributed by atoms with Crippen LogP contribution in [0.15, 0.2) is 60.7 Å². The highest BCUT2D eigenvalue weighted by atomic mass is 16.4. The van der Waals surface area contributed by atoms with Crippen molar-refractivity contribution in [2.75, 3.05) is 0 Å². The van der Waals surface area contributed by atoms with E-state index in [1.165, 1.54) is 11.1 Å². The van der Waals surface area contributed by atoms with E-state index < -0.39 is 5.97 Å². The van der Waals surface area contributed by atoms with E-state index in [-0.39, 0.29) is 18.4 Å². The molecule has 3 heteroatoms. The summed E-state index contributed by atoms with van der Waals surface area (Å²) in [6, 6.07) is 19.8. The van der Waals surface area contributed by atoms with Crippen LogP contribution in [0, 0.1) is 0 Å². The number of carbonyl (C=O) groups is 1. The van der Waals surface area contributed by atoms with Gasteiger partial charge in [0.2, 0.25) is 0 Å². The van der Waals surface area contributed by atoms with Crippen molar-refractivity contribution in [3.8, 4) is 0 Å². The second kappa shape index (κ2) is 6.87. The maximum absolute atomic E-state index is 10.8. The average Bonchev–Trinajstić information content (AvgIpc) is 2.46. The number of rotatable bonds is 6. The summed E-state index contributed by atoms with van der Waals surface area (Å²) in [6.45, 7) is 0. The van der Waals surface area contributed by atoms with Crippen LogP contribution in [0.1, 0.15) is 29.9 Å². The third-order valence-corrected chi connectivity index (χ3v) is 3.38. The maximum Gasteiger partial charge on any atom is 0.304 e. The molecule has 0 aromatic heterocycles. The van der Waals surface area contributed by atoms with E-state index in [0.717, 1.165) is 0 Å². The first-order valence-electron chi connectivity index (χ1n) is 6.74. The van der Waals surface area contributed by atoms with Crippen LogP contribution in [-0.2, 0) is 4.79 Å². The average molecular weight is 269 g/mol. The van der Waals surface area contributed by atoms with Gasteiger partial charge in [0.25, 0.3) is 0 Å². The molecular formula is C17H19NO2. The lowest BCUT2D eigenvalue weighted by Crippen LogP contribution is -2.26. The molecule has 1 atom stereocenters. The molecule has 3 nitrogen and oxygen atoms in total. The first-order chi connectivity index (χ1) is 9.66. The molecule has 0 spiro atoms. The minimum Gasteiger partial charge on any atom is -0.481 e. The lowest BCUT2D eigenvalue weighted by molar-refractivity contribution is -0.137. The zero-order valence-corrected chi connectivity index (χ0v) is 11.3. The summed E-state index contributed by atoms with van der Waals surface area (Å²) in [6.07, 6.45) is 0.622. The molecule has 2 rings (SSSR count). The fourth-order valence-electron chi connectivity index (χ4n) is 2.45. The summed E-state index contributed by atoms with van der Waals surface area (Å²) in [5.74, 6) is -0.718. The molecule has 0 saturated carbocycles. The number of carboxylic acid groups (broad SMARTS) is 1. The van der Waals surface area contributed by atoms with Gasteiger partial charge in [-0.1, -0.05) is 60.7 Å². The molecule has 3 N–H and O–H groups in total. The predicted octanol–water partition coefficient (Wildman–Crippen LogP) is 3.01. The van der Waals surface area contributed by atoms with Crippen LogP contribution < -0.4 is 5.73 Å². The second-order valence-electron chi connectivity index (χ2n) is 4.97. The lowest BCUT2D eigenvalue weighted by atomic mass is 9.85. The van der Waals surface area contributed by atoms with Crippen molar-refractivity contribution in [1.82, 2.24) is 0 Å². The minimum absolute atomic E-state index is 0.00380. The molecular weight excluding hydrogens is 250 g/mol. The van der Waals surface area contributed by atoms with Crippen molar-refractivity contribution < 1.29 is 9.90 Å². The summed E-state index contributed by atoms with van der Waals surface area (Å²) in [5.41, 5.74) is 8.30. The quantitative estimate of drug-likeness (QED) is 0.847. The fourth-order valence-corrected chi connectivity index (χ4v) is 2.45. The second-order valence-corrected chi connectivity index (χ2v) is 4.97. The van der Waals surface area contributed by atoms with Gasteiger partial charge in [-0.05, 0) is 17.5 Å². The van der Waals surface area contributed by atoms with Crippen molar-refractivity contribution in [2.24, 2.45) is 5.73 Å². The SMILES string of the molecule is NC(CC(=O)O)CC(c1ccccc1)c1ccccc1. The first kappa shape index (κ1) is 14.3. The van der Waals surface area contributed by atoms with Crippen LogP contribution in [0.3, 0.4) is 0 Å². The van der Waals surface area contributed by atoms with E-state index in [9.17, 15) is 4.79 Å². The monoisotopic (exact) mass is 269 g/mol. The number of carboxylic acids is 1. The molecule has 0 aliphatic carbocycles. The van der Waals surface area contributed by atoms with Crippen LogP contribution in [0.2, 0.25) is 0 Å². The van der Waals surface area contributed by atoms with Crippen molar-refractivity contribution >= 4 is 5.97 Å². The van der Waals surface area contributed by atoms with Crippen LogP contribution in [0.5, 0.6) is 0 Å². The molecule has 0 saturated heterocycles. The Hall–Kier alpha value is -2.13. The molecule has 0 fully saturated rings. The molecule has 1 unspecified atom stereocenters. The summed E-state index contributed by atoms with van der Waals surface area (Å²) in [5, 5.41) is 8.86. The van der Waals surface area contributed by atoms with E-state index in [4.69, 9.17) is 10.8 Å². The Morgan fingerprint density at radius 1 is 0.950 bits per heavy atom. The zero-order valence-electron chi connectivity index (χ0n) is 11.3. The largest absolute Gasteiger partial charge is 0.481 e. The van der Waals surface area contributed by atoms with Crippen molar-refractivity contribution in [3.63, 3.8) is 0 Å². The minimum atomic E-state index is -0.850. The molecule has 0 aliphatic heterocycles. The van der Waals surface area contributed by atoms with Crippen LogP contribution in [-0.4, -0.2) is 17.1 Å². The summed E-state index contributed by atoms with van der Waals surface area (Å²) in [4.78, 5) is 10.8. The molecule has 2 aromatic rings. The molecule has 20 heavy (non-hydrogen) atoms. The van der Waals surface area contributed by atoms with Gasteiger partial charge in [0.1, 0.15) is 0 Å². The Labute approximate surface area is 119 Å². The summed E-state index contributed by atoms with van der Waals surface area (Å²) in [7, 11) is 0. The van der Waals surface area contributed by atoms with Gasteiger partial charge in [0.05, 0.1) is 6.42 Å². The zero-order chi connectivity index (χ0) is 14.4. The number of nitrogens with two attached hydrogens (primary N) is 1. The number of aliphatic carboxylic acids is 1. The molecule has 0 bridgehead atoms. The van der Waals surface area contributed by atoms with E-state index in [0.29, 0.717) is 6.42 Å². The number of hydrogen-bond donors (Lipinski definition) is 2. The standard InChI is InChI=1S/C17H19NO2/c18-15(12-17(19)20)11-16(13-7-3-1-4-8-13)14-9-5-2-6-10-14/h1-10,15-16H,11-12,18H2,(H,19,20). The van der Waals surface area contributed by atoms with Gasteiger partial charge >= 0.3 is 5.97 Å². The Kier molecular flexibility index (Phi) is 4.91. The molecule has 2 aromatic carbocycles. The highest BCUT2D eigenvalue weighted by molar-refractivity contribution is 5.67. The summed E-state index contributed by atoms with van der Waals surface area (Å²) >= 11 is 0. The maximum atomic E-state index is 10.8. The van der Waals surface area contributed by atoms with Crippen LogP contribution in [0.25, 0.3) is 0 Å². The van der Waals surface area contributed by atoms with Crippen LogP contribution >= 0.6 is 0 Å². The molecule has 0 heterocycles. The van der Waals surface area contributed by atoms with Gasteiger partial charge in [-0.3, -0.25) is 4.79 Å². The third-order valence-electron chi connectivity index (χ3n) is 3.38. The van der Waals surface area contributed by atoms with E-state index >= 15 is 0 Å². The number of benzene rings is 2. The van der Waals surface area contributed by atoms with Crippen molar-refractivity contribution in [3.05, 3.63) is 71.8 Å². The fraction of sp³-hybridized carbons (Fsp3) is 0.235. The van der Waals surface area contributed by atoms with Gasteiger partial charge < -0.3 is 10.8 Å². The molecule has 0 amide bonds. The molecule has 0 radical (unpaired) electrons. The van der Waals surface area contributed by atoms with E-state index in [2.05, 4.69) is 24.3 Å². The van der Waals surface area contributed by atoms with Crippen molar-refractivity contribution in [2.45, 2.75) is 24.8 Å². The number of hydrogen-bond acceptors (Lipinski definition) is 2. The van der Waals surface area contributed by atoms with Gasteiger partial charge in [0.15, 0.2) is 0 Å². The Morgan fingerprint density at radius 3 is 1.80 bits per heavy atom. The Bertz CT molecular complexity index is 500. The highest BCUT2D eigenvalue weighted by Gasteiger charge is 2.19. The third kappa shape index (κ3) is 3.93. The predicted molar refractivity (Wildman–Crippen MR) is 79.6 cm³/mol. The van der Waals surface area contributed by atoms with Crippen molar-refractivity contribution in [1.29, 1.82) is 0 Å². The van der Waals surface area contributed by atoms with E-state index in [1.54, 1.807) is 0 Å². The topological polar surface area (TPSA) is 63.3 Å². The molecule has 0 aliphatic rings. The normalized spacial score (nSPS) is 12.3. The first-order valence-corrected chi connectivity index (χ1v) is 6.74. The Morgan fingerprint density at radius 2 is 1.40 bits per heavy atom. The highest BCUT2D eigenvalue weighted by Crippen LogP contribution is 2.29. The Balaban J connectivity index is 2.24. The van der Waals surface area contributed by atoms with Gasteiger partial charge in [-0.25, -0.2) is 0 Å². The van der Waals surface area contributed by atoms with Gasteiger partial charge in [-0.2, -0.15) is 0 Å². The smallest absolute Gasteiger partial charge is 0.304 e. The van der Waals surface area contributed by atoms with E-state index in [1.807, 2.05) is 36.4 Å². The molecule has 104 valence electrons. The lowest BCUT2D eigenvalue weighted by Gasteiger charge is -2.21. The van der Waals surface area contributed by atoms with Gasteiger partial charge in [0, 0.05) is 12.0 Å². The summed E-state index contributed by atoms with van der Waals surface area (Å²) < 4.78 is 0. The van der Waals surface area contributed by atoms with Crippen LogP contribution in [0.4, 0.5) is 0 Å². The van der Waals surface area contributed by atoms with Gasteiger partial charge in [-0.15, -0.1) is 0 Å².